The van der Waals surface area contributed by atoms with E-state index < -0.39 is 10.0 Å². The van der Waals surface area contributed by atoms with Gasteiger partial charge in [-0.3, -0.25) is 4.79 Å². The van der Waals surface area contributed by atoms with Gasteiger partial charge in [0.15, 0.2) is 0 Å². The fourth-order valence-electron chi connectivity index (χ4n) is 1.68. The Bertz CT molecular complexity index is 556. The van der Waals surface area contributed by atoms with Gasteiger partial charge >= 0.3 is 0 Å². The van der Waals surface area contributed by atoms with Crippen LogP contribution < -0.4 is 16.2 Å². The SMILES string of the molecule is CC(N)c1cccc(S(=O)(=O)NCCCCC(N)=O)c1. The topological polar surface area (TPSA) is 115 Å². The van der Waals surface area contributed by atoms with Crippen molar-refractivity contribution in [2.24, 2.45) is 11.5 Å². The van der Waals surface area contributed by atoms with Crippen molar-refractivity contribution in [1.29, 1.82) is 0 Å². The number of amides is 1. The molecule has 0 radical (unpaired) electrons. The number of unbranched alkanes of at least 4 members (excludes halogenated alkanes) is 1. The van der Waals surface area contributed by atoms with Crippen LogP contribution in [0.2, 0.25) is 0 Å². The molecule has 0 aliphatic rings. The minimum atomic E-state index is -3.54. The molecule has 1 aromatic carbocycles. The first-order valence-electron chi connectivity index (χ1n) is 6.46. The minimum Gasteiger partial charge on any atom is -0.370 e. The van der Waals surface area contributed by atoms with Crippen LogP contribution in [0.4, 0.5) is 0 Å². The number of benzene rings is 1. The van der Waals surface area contributed by atoms with Gasteiger partial charge in [0.2, 0.25) is 15.9 Å². The van der Waals surface area contributed by atoms with Crippen molar-refractivity contribution in [2.45, 2.75) is 37.1 Å². The molecule has 1 aromatic rings. The molecule has 7 heteroatoms. The van der Waals surface area contributed by atoms with Gasteiger partial charge in [-0.25, -0.2) is 13.1 Å². The quantitative estimate of drug-likeness (QED) is 0.611. The number of hydrogen-bond donors (Lipinski definition) is 3. The molecule has 1 atom stereocenters. The van der Waals surface area contributed by atoms with Crippen molar-refractivity contribution < 1.29 is 13.2 Å². The summed E-state index contributed by atoms with van der Waals surface area (Å²) in [5, 5.41) is 0. The van der Waals surface area contributed by atoms with E-state index in [1.165, 1.54) is 6.07 Å². The van der Waals surface area contributed by atoms with E-state index in [9.17, 15) is 13.2 Å². The minimum absolute atomic E-state index is 0.196. The summed E-state index contributed by atoms with van der Waals surface area (Å²) in [6.07, 6.45) is 1.40. The number of carbonyl (C=O) groups excluding carboxylic acids is 1. The van der Waals surface area contributed by atoms with Crippen molar-refractivity contribution in [3.63, 3.8) is 0 Å². The Kier molecular flexibility index (Phi) is 6.12. The van der Waals surface area contributed by atoms with E-state index in [1.807, 2.05) is 0 Å². The van der Waals surface area contributed by atoms with Gasteiger partial charge in [-0.2, -0.15) is 0 Å². The summed E-state index contributed by atoms with van der Waals surface area (Å²) in [6, 6.07) is 6.32. The van der Waals surface area contributed by atoms with Gasteiger partial charge in [-0.05, 0) is 37.5 Å². The molecule has 20 heavy (non-hydrogen) atoms. The Morgan fingerprint density at radius 3 is 2.65 bits per heavy atom. The molecular weight excluding hydrogens is 278 g/mol. The predicted octanol–water partition coefficient (Wildman–Crippen LogP) is 0.640. The lowest BCUT2D eigenvalue weighted by Gasteiger charge is -2.10. The Morgan fingerprint density at radius 2 is 2.05 bits per heavy atom. The van der Waals surface area contributed by atoms with Crippen LogP contribution >= 0.6 is 0 Å². The first-order chi connectivity index (χ1) is 9.33. The zero-order valence-electron chi connectivity index (χ0n) is 11.5. The van der Waals surface area contributed by atoms with E-state index in [0.29, 0.717) is 12.8 Å². The van der Waals surface area contributed by atoms with E-state index in [-0.39, 0.29) is 29.8 Å². The van der Waals surface area contributed by atoms with Crippen LogP contribution in [-0.2, 0) is 14.8 Å². The van der Waals surface area contributed by atoms with Crippen LogP contribution in [0, 0.1) is 0 Å². The van der Waals surface area contributed by atoms with Gasteiger partial charge in [0.05, 0.1) is 4.90 Å². The summed E-state index contributed by atoms with van der Waals surface area (Å²) in [7, 11) is -3.54. The normalized spacial score (nSPS) is 13.1. The fraction of sp³-hybridized carbons (Fsp3) is 0.462. The van der Waals surface area contributed by atoms with Crippen LogP contribution in [0.1, 0.15) is 37.8 Å². The third-order valence-electron chi connectivity index (χ3n) is 2.84. The molecule has 0 saturated carbocycles. The van der Waals surface area contributed by atoms with Gasteiger partial charge in [0, 0.05) is 19.0 Å². The van der Waals surface area contributed by atoms with Gasteiger partial charge in [-0.1, -0.05) is 12.1 Å². The van der Waals surface area contributed by atoms with Crippen LogP contribution in [-0.4, -0.2) is 20.9 Å². The Labute approximate surface area is 119 Å². The van der Waals surface area contributed by atoms with Crippen LogP contribution in [0.3, 0.4) is 0 Å². The van der Waals surface area contributed by atoms with E-state index >= 15 is 0 Å². The fourth-order valence-corrected chi connectivity index (χ4v) is 2.81. The molecule has 0 heterocycles. The maximum Gasteiger partial charge on any atom is 0.240 e. The lowest BCUT2D eigenvalue weighted by atomic mass is 10.1. The number of nitrogens with two attached hydrogens (primary N) is 2. The summed E-state index contributed by atoms with van der Waals surface area (Å²) in [5.74, 6) is -0.377. The molecule has 5 N–H and O–H groups in total. The van der Waals surface area contributed by atoms with Crippen molar-refractivity contribution >= 4 is 15.9 Å². The van der Waals surface area contributed by atoms with E-state index in [2.05, 4.69) is 4.72 Å². The number of hydrogen-bond acceptors (Lipinski definition) is 4. The van der Waals surface area contributed by atoms with Crippen molar-refractivity contribution in [3.05, 3.63) is 29.8 Å². The highest BCUT2D eigenvalue weighted by molar-refractivity contribution is 7.89. The van der Waals surface area contributed by atoms with Crippen LogP contribution in [0.25, 0.3) is 0 Å². The number of rotatable bonds is 8. The average molecular weight is 299 g/mol. The molecule has 0 bridgehead atoms. The Morgan fingerprint density at radius 1 is 1.35 bits per heavy atom. The van der Waals surface area contributed by atoms with E-state index in [4.69, 9.17) is 11.5 Å². The van der Waals surface area contributed by atoms with E-state index in [0.717, 1.165) is 5.56 Å². The molecule has 0 aliphatic carbocycles. The molecule has 0 fully saturated rings. The smallest absolute Gasteiger partial charge is 0.240 e. The molecule has 0 saturated heterocycles. The lowest BCUT2D eigenvalue weighted by Crippen LogP contribution is -2.25. The average Bonchev–Trinajstić information content (AvgIpc) is 2.38. The number of primary amides is 1. The second-order valence-electron chi connectivity index (χ2n) is 4.68. The van der Waals surface area contributed by atoms with Gasteiger partial charge in [0.25, 0.3) is 0 Å². The van der Waals surface area contributed by atoms with Crippen molar-refractivity contribution in [2.75, 3.05) is 6.54 Å². The summed E-state index contributed by atoms with van der Waals surface area (Å²) >= 11 is 0. The largest absolute Gasteiger partial charge is 0.370 e. The number of nitrogens with one attached hydrogen (secondary N) is 1. The second-order valence-corrected chi connectivity index (χ2v) is 6.45. The zero-order valence-corrected chi connectivity index (χ0v) is 12.3. The lowest BCUT2D eigenvalue weighted by molar-refractivity contribution is -0.118. The molecule has 112 valence electrons. The van der Waals surface area contributed by atoms with Crippen LogP contribution in [0.5, 0.6) is 0 Å². The predicted molar refractivity (Wildman–Crippen MR) is 77.3 cm³/mol. The summed E-state index contributed by atoms with van der Waals surface area (Å²) in [5.41, 5.74) is 11.5. The first kappa shape index (κ1) is 16.6. The van der Waals surface area contributed by atoms with Gasteiger partial charge < -0.3 is 11.5 Å². The summed E-state index contributed by atoms with van der Waals surface area (Å²) in [6.45, 7) is 2.07. The molecule has 0 aromatic heterocycles. The highest BCUT2D eigenvalue weighted by atomic mass is 32.2. The first-order valence-corrected chi connectivity index (χ1v) is 7.95. The maximum absolute atomic E-state index is 12.1. The molecule has 1 rings (SSSR count). The number of sulfonamides is 1. The highest BCUT2D eigenvalue weighted by Crippen LogP contribution is 2.15. The van der Waals surface area contributed by atoms with Gasteiger partial charge in [0.1, 0.15) is 0 Å². The number of carbonyl (C=O) groups is 1. The monoisotopic (exact) mass is 299 g/mol. The Hall–Kier alpha value is -1.44. The third-order valence-corrected chi connectivity index (χ3v) is 4.29. The summed E-state index contributed by atoms with van der Waals surface area (Å²) < 4.78 is 26.6. The standard InChI is InChI=1S/C13H21N3O3S/c1-10(14)11-5-4-6-12(9-11)20(18,19)16-8-3-2-7-13(15)17/h4-6,9-10,16H,2-3,7-8,14H2,1H3,(H2,15,17). The third kappa shape index (κ3) is 5.28. The summed E-state index contributed by atoms with van der Waals surface area (Å²) in [4.78, 5) is 10.8. The molecular formula is C13H21N3O3S. The highest BCUT2D eigenvalue weighted by Gasteiger charge is 2.14. The van der Waals surface area contributed by atoms with Crippen molar-refractivity contribution in [1.82, 2.24) is 4.72 Å². The van der Waals surface area contributed by atoms with Gasteiger partial charge in [-0.15, -0.1) is 0 Å². The molecule has 0 aliphatic heterocycles. The van der Waals surface area contributed by atoms with Crippen molar-refractivity contribution in [3.8, 4) is 0 Å². The molecule has 6 nitrogen and oxygen atoms in total. The van der Waals surface area contributed by atoms with Crippen LogP contribution in [0.15, 0.2) is 29.2 Å². The molecule has 1 amide bonds. The zero-order chi connectivity index (χ0) is 15.2. The Balaban J connectivity index is 2.60. The maximum atomic E-state index is 12.1. The molecule has 0 spiro atoms. The van der Waals surface area contributed by atoms with E-state index in [1.54, 1.807) is 25.1 Å². The second kappa shape index (κ2) is 7.37. The molecule has 1 unspecified atom stereocenters.